The van der Waals surface area contributed by atoms with Gasteiger partial charge in [-0.05, 0) is 18.4 Å². The number of nitrogens with zero attached hydrogens (tertiary/aromatic N) is 1. The molecule has 2 heteroatoms. The fourth-order valence-electron chi connectivity index (χ4n) is 1.71. The molecule has 0 aromatic rings. The van der Waals surface area contributed by atoms with Crippen molar-refractivity contribution in [1.82, 2.24) is 4.90 Å². The van der Waals surface area contributed by atoms with Gasteiger partial charge >= 0.3 is 0 Å². The first-order valence-electron chi connectivity index (χ1n) is 5.57. The quantitative estimate of drug-likeness (QED) is 0.693. The van der Waals surface area contributed by atoms with Gasteiger partial charge in [0.05, 0.1) is 0 Å². The number of hydrogen-bond acceptors (Lipinski definition) is 1. The van der Waals surface area contributed by atoms with Gasteiger partial charge in [-0.15, -0.1) is 0 Å². The SMILES string of the molecule is C=CC1=C(C=C)C(=O)N(C2CC2)C1.CC. The van der Waals surface area contributed by atoms with E-state index >= 15 is 0 Å². The molecule has 2 aliphatic rings. The lowest BCUT2D eigenvalue weighted by atomic mass is 10.1. The van der Waals surface area contributed by atoms with Gasteiger partial charge in [-0.1, -0.05) is 39.2 Å². The zero-order chi connectivity index (χ0) is 11.4. The Morgan fingerprint density at radius 3 is 2.20 bits per heavy atom. The van der Waals surface area contributed by atoms with Gasteiger partial charge in [0.15, 0.2) is 0 Å². The summed E-state index contributed by atoms with van der Waals surface area (Å²) in [4.78, 5) is 13.7. The van der Waals surface area contributed by atoms with Crippen molar-refractivity contribution in [2.24, 2.45) is 0 Å². The topological polar surface area (TPSA) is 20.3 Å². The van der Waals surface area contributed by atoms with Crippen LogP contribution in [-0.4, -0.2) is 23.4 Å². The molecule has 0 radical (unpaired) electrons. The zero-order valence-electron chi connectivity index (χ0n) is 9.62. The van der Waals surface area contributed by atoms with Gasteiger partial charge in [0.1, 0.15) is 0 Å². The van der Waals surface area contributed by atoms with Crippen LogP contribution in [0.3, 0.4) is 0 Å². The minimum Gasteiger partial charge on any atom is -0.331 e. The molecule has 0 bridgehead atoms. The normalized spacial score (nSPS) is 19.9. The number of carbonyl (C=O) groups excluding carboxylic acids is 1. The van der Waals surface area contributed by atoms with Gasteiger partial charge in [0.25, 0.3) is 5.91 Å². The lowest BCUT2D eigenvalue weighted by Gasteiger charge is -2.14. The smallest absolute Gasteiger partial charge is 0.254 e. The van der Waals surface area contributed by atoms with Crippen LogP contribution in [0.4, 0.5) is 0 Å². The van der Waals surface area contributed by atoms with Crippen molar-refractivity contribution in [3.05, 3.63) is 36.5 Å². The highest BCUT2D eigenvalue weighted by atomic mass is 16.2. The molecular formula is C13H19NO. The molecule has 1 aliphatic carbocycles. The molecule has 0 saturated heterocycles. The maximum atomic E-state index is 11.7. The first-order chi connectivity index (χ1) is 7.27. The van der Waals surface area contributed by atoms with Gasteiger partial charge in [-0.2, -0.15) is 0 Å². The average Bonchev–Trinajstić information content (AvgIpc) is 3.06. The molecule has 0 aromatic heterocycles. The summed E-state index contributed by atoms with van der Waals surface area (Å²) < 4.78 is 0. The summed E-state index contributed by atoms with van der Waals surface area (Å²) in [5.41, 5.74) is 1.76. The van der Waals surface area contributed by atoms with Crippen LogP contribution in [0.1, 0.15) is 26.7 Å². The van der Waals surface area contributed by atoms with Gasteiger partial charge in [-0.3, -0.25) is 4.79 Å². The average molecular weight is 205 g/mol. The fraction of sp³-hybridized carbons (Fsp3) is 0.462. The van der Waals surface area contributed by atoms with Gasteiger partial charge in [-0.25, -0.2) is 0 Å². The Hall–Kier alpha value is -1.31. The minimum absolute atomic E-state index is 0.132. The molecule has 82 valence electrons. The Labute approximate surface area is 92.0 Å². The molecule has 1 fully saturated rings. The first-order valence-corrected chi connectivity index (χ1v) is 5.57. The van der Waals surface area contributed by atoms with Crippen LogP contribution in [0.2, 0.25) is 0 Å². The van der Waals surface area contributed by atoms with E-state index in [-0.39, 0.29) is 5.91 Å². The minimum atomic E-state index is 0.132. The highest BCUT2D eigenvalue weighted by molar-refractivity contribution is 6.00. The summed E-state index contributed by atoms with van der Waals surface area (Å²) >= 11 is 0. The highest BCUT2D eigenvalue weighted by Gasteiger charge is 2.37. The van der Waals surface area contributed by atoms with Crippen molar-refractivity contribution < 1.29 is 4.79 Å². The predicted octanol–water partition coefficient (Wildman–Crippen LogP) is 2.69. The third kappa shape index (κ3) is 2.20. The van der Waals surface area contributed by atoms with Gasteiger partial charge < -0.3 is 4.90 Å². The molecule has 2 nitrogen and oxygen atoms in total. The summed E-state index contributed by atoms with van der Waals surface area (Å²) in [6.07, 6.45) is 5.71. The number of amides is 1. The molecule has 1 amide bonds. The molecule has 15 heavy (non-hydrogen) atoms. The van der Waals surface area contributed by atoms with E-state index in [1.165, 1.54) is 0 Å². The summed E-state index contributed by atoms with van der Waals surface area (Å²) in [5, 5.41) is 0. The van der Waals surface area contributed by atoms with Crippen LogP contribution in [0.25, 0.3) is 0 Å². The van der Waals surface area contributed by atoms with E-state index in [0.29, 0.717) is 6.04 Å². The molecule has 1 aliphatic heterocycles. The molecule has 1 heterocycles. The van der Waals surface area contributed by atoms with Crippen molar-refractivity contribution in [2.45, 2.75) is 32.7 Å². The third-order valence-corrected chi connectivity index (χ3v) is 2.62. The lowest BCUT2D eigenvalue weighted by molar-refractivity contribution is -0.125. The second-order valence-corrected chi connectivity index (χ2v) is 3.51. The Morgan fingerprint density at radius 1 is 1.27 bits per heavy atom. The standard InChI is InChI=1S/C11H13NO.C2H6/c1-3-8-7-12(9-5-6-9)11(13)10(8)4-2;1-2/h3-4,9H,1-2,5-7H2;1-2H3. The predicted molar refractivity (Wildman–Crippen MR) is 63.5 cm³/mol. The van der Waals surface area contributed by atoms with E-state index in [1.807, 2.05) is 18.7 Å². The van der Waals surface area contributed by atoms with Gasteiger partial charge in [0, 0.05) is 18.2 Å². The van der Waals surface area contributed by atoms with Crippen molar-refractivity contribution in [3.63, 3.8) is 0 Å². The van der Waals surface area contributed by atoms with E-state index in [4.69, 9.17) is 0 Å². The monoisotopic (exact) mass is 205 g/mol. The molecule has 0 aromatic carbocycles. The Morgan fingerprint density at radius 2 is 1.87 bits per heavy atom. The Bertz CT molecular complexity index is 310. The summed E-state index contributed by atoms with van der Waals surface area (Å²) in [6.45, 7) is 12.1. The molecule has 0 atom stereocenters. The molecule has 0 spiro atoms. The van der Waals surface area contributed by atoms with E-state index in [1.54, 1.807) is 12.2 Å². The van der Waals surface area contributed by atoms with Crippen LogP contribution in [0, 0.1) is 0 Å². The summed E-state index contributed by atoms with van der Waals surface area (Å²) in [5.74, 6) is 0.132. The fourth-order valence-corrected chi connectivity index (χ4v) is 1.71. The van der Waals surface area contributed by atoms with E-state index in [0.717, 1.165) is 30.5 Å². The Balaban J connectivity index is 0.000000531. The van der Waals surface area contributed by atoms with Crippen molar-refractivity contribution in [3.8, 4) is 0 Å². The zero-order valence-corrected chi connectivity index (χ0v) is 9.62. The van der Waals surface area contributed by atoms with E-state index in [9.17, 15) is 4.79 Å². The summed E-state index contributed by atoms with van der Waals surface area (Å²) in [6, 6.07) is 0.486. The Kier molecular flexibility index (Phi) is 3.89. The maximum Gasteiger partial charge on any atom is 0.254 e. The lowest BCUT2D eigenvalue weighted by Crippen LogP contribution is -2.29. The second kappa shape index (κ2) is 4.96. The van der Waals surface area contributed by atoms with E-state index in [2.05, 4.69) is 13.2 Å². The molecule has 1 saturated carbocycles. The van der Waals surface area contributed by atoms with Crippen LogP contribution < -0.4 is 0 Å². The second-order valence-electron chi connectivity index (χ2n) is 3.51. The molecule has 0 unspecified atom stereocenters. The number of rotatable bonds is 3. The van der Waals surface area contributed by atoms with Crippen LogP contribution in [0.5, 0.6) is 0 Å². The molecule has 2 rings (SSSR count). The largest absolute Gasteiger partial charge is 0.331 e. The molecule has 0 N–H and O–H groups in total. The number of hydrogen-bond donors (Lipinski definition) is 0. The van der Waals surface area contributed by atoms with E-state index < -0.39 is 0 Å². The highest BCUT2D eigenvalue weighted by Crippen LogP contribution is 2.33. The maximum absolute atomic E-state index is 11.7. The van der Waals surface area contributed by atoms with Crippen LogP contribution in [-0.2, 0) is 4.79 Å². The summed E-state index contributed by atoms with van der Waals surface area (Å²) in [7, 11) is 0. The van der Waals surface area contributed by atoms with Crippen LogP contribution in [0.15, 0.2) is 36.5 Å². The van der Waals surface area contributed by atoms with Crippen molar-refractivity contribution in [1.29, 1.82) is 0 Å². The van der Waals surface area contributed by atoms with Gasteiger partial charge in [0.2, 0.25) is 0 Å². The molecular weight excluding hydrogens is 186 g/mol. The third-order valence-electron chi connectivity index (χ3n) is 2.62. The van der Waals surface area contributed by atoms with Crippen molar-refractivity contribution >= 4 is 5.91 Å². The van der Waals surface area contributed by atoms with Crippen molar-refractivity contribution in [2.75, 3.05) is 6.54 Å². The number of carbonyl (C=O) groups is 1. The van der Waals surface area contributed by atoms with Crippen LogP contribution >= 0.6 is 0 Å². The first kappa shape index (κ1) is 11.8.